The van der Waals surface area contributed by atoms with Gasteiger partial charge in [-0.15, -0.1) is 0 Å². The number of aryl methyl sites for hydroxylation is 1. The molecule has 0 bridgehead atoms. The van der Waals surface area contributed by atoms with Crippen molar-refractivity contribution < 1.29 is 13.0 Å². The Bertz CT molecular complexity index is 932. The van der Waals surface area contributed by atoms with E-state index in [1.807, 2.05) is 43.3 Å². The second-order valence-electron chi connectivity index (χ2n) is 5.17. The normalized spacial score (nSPS) is 11.5. The van der Waals surface area contributed by atoms with Crippen molar-refractivity contribution in [3.05, 3.63) is 66.2 Å². The molecule has 0 aliphatic carbocycles. The molecule has 1 N–H and O–H groups in total. The molecule has 0 saturated carbocycles. The summed E-state index contributed by atoms with van der Waals surface area (Å²) in [4.78, 5) is -0.209. The van der Waals surface area contributed by atoms with Gasteiger partial charge in [0.2, 0.25) is 0 Å². The molecule has 112 valence electrons. The zero-order chi connectivity index (χ0) is 15.7. The minimum absolute atomic E-state index is 0.209. The standard InChI is InChI=1S/C17H15NO3S/c1-12-2-6-15(7-3-12)18-16-8-4-14-11-17(22(19,20)21)9-5-13(14)10-16/h2-11,18H,1H3,(H,19,20,21)/p-1. The maximum Gasteiger partial charge on any atom is 0.124 e. The number of hydrogen-bond acceptors (Lipinski definition) is 4. The average Bonchev–Trinajstić information content (AvgIpc) is 2.48. The van der Waals surface area contributed by atoms with Crippen LogP contribution in [-0.2, 0) is 10.1 Å². The van der Waals surface area contributed by atoms with E-state index in [2.05, 4.69) is 5.32 Å². The Hall–Kier alpha value is -2.37. The Balaban J connectivity index is 1.95. The van der Waals surface area contributed by atoms with E-state index in [-0.39, 0.29) is 4.90 Å². The first-order chi connectivity index (χ1) is 10.4. The highest BCUT2D eigenvalue weighted by atomic mass is 32.2. The summed E-state index contributed by atoms with van der Waals surface area (Å²) in [6, 6.07) is 18.0. The zero-order valence-electron chi connectivity index (χ0n) is 11.9. The third-order valence-electron chi connectivity index (χ3n) is 3.44. The molecule has 0 heterocycles. The maximum absolute atomic E-state index is 11.0. The van der Waals surface area contributed by atoms with Crippen LogP contribution in [-0.4, -0.2) is 13.0 Å². The van der Waals surface area contributed by atoms with Crippen LogP contribution in [0.4, 0.5) is 11.4 Å². The van der Waals surface area contributed by atoms with Crippen molar-refractivity contribution >= 4 is 32.3 Å². The molecule has 0 amide bonds. The van der Waals surface area contributed by atoms with Crippen LogP contribution in [0.5, 0.6) is 0 Å². The van der Waals surface area contributed by atoms with Crippen molar-refractivity contribution in [3.8, 4) is 0 Å². The molecule has 4 nitrogen and oxygen atoms in total. The van der Waals surface area contributed by atoms with Gasteiger partial charge in [0.15, 0.2) is 0 Å². The maximum atomic E-state index is 11.0. The van der Waals surface area contributed by atoms with Gasteiger partial charge in [0.25, 0.3) is 0 Å². The van der Waals surface area contributed by atoms with E-state index in [0.29, 0.717) is 5.39 Å². The van der Waals surface area contributed by atoms with Crippen LogP contribution in [0.2, 0.25) is 0 Å². The van der Waals surface area contributed by atoms with Crippen molar-refractivity contribution in [2.24, 2.45) is 0 Å². The Kier molecular flexibility index (Phi) is 3.60. The largest absolute Gasteiger partial charge is 0.744 e. The van der Waals surface area contributed by atoms with Crippen molar-refractivity contribution in [2.75, 3.05) is 5.32 Å². The number of benzene rings is 3. The number of fused-ring (bicyclic) bond motifs is 1. The molecule has 0 aromatic heterocycles. The van der Waals surface area contributed by atoms with E-state index in [1.54, 1.807) is 12.1 Å². The topological polar surface area (TPSA) is 69.2 Å². The highest BCUT2D eigenvalue weighted by molar-refractivity contribution is 7.85. The molecule has 5 heteroatoms. The molecular weight excluding hydrogens is 298 g/mol. The van der Waals surface area contributed by atoms with Gasteiger partial charge in [-0.2, -0.15) is 0 Å². The monoisotopic (exact) mass is 312 g/mol. The summed E-state index contributed by atoms with van der Waals surface area (Å²) in [5.41, 5.74) is 3.06. The second kappa shape index (κ2) is 5.44. The van der Waals surface area contributed by atoms with Gasteiger partial charge >= 0.3 is 0 Å². The predicted octanol–water partition coefficient (Wildman–Crippen LogP) is 3.80. The van der Waals surface area contributed by atoms with Crippen molar-refractivity contribution in [2.45, 2.75) is 11.8 Å². The van der Waals surface area contributed by atoms with Crippen LogP contribution in [0, 0.1) is 6.92 Å². The smallest absolute Gasteiger partial charge is 0.124 e. The lowest BCUT2D eigenvalue weighted by Gasteiger charge is -2.10. The number of nitrogens with one attached hydrogen (secondary N) is 1. The molecule has 0 aliphatic rings. The van der Waals surface area contributed by atoms with Gasteiger partial charge in [0, 0.05) is 11.4 Å². The average molecular weight is 312 g/mol. The van der Waals surface area contributed by atoms with Crippen LogP contribution in [0.1, 0.15) is 5.56 Å². The third-order valence-corrected chi connectivity index (χ3v) is 4.27. The van der Waals surface area contributed by atoms with E-state index >= 15 is 0 Å². The summed E-state index contributed by atoms with van der Waals surface area (Å²) < 4.78 is 33.1. The molecule has 0 fully saturated rings. The molecule has 22 heavy (non-hydrogen) atoms. The van der Waals surface area contributed by atoms with Crippen molar-refractivity contribution in [3.63, 3.8) is 0 Å². The molecule has 0 spiro atoms. The van der Waals surface area contributed by atoms with Gasteiger partial charge in [0.05, 0.1) is 4.90 Å². The molecule has 0 saturated heterocycles. The predicted molar refractivity (Wildman–Crippen MR) is 86.4 cm³/mol. The summed E-state index contributed by atoms with van der Waals surface area (Å²) in [6.07, 6.45) is 0. The molecular formula is C17H14NO3S-. The first-order valence-corrected chi connectivity index (χ1v) is 8.16. The van der Waals surface area contributed by atoms with Crippen LogP contribution in [0.15, 0.2) is 65.6 Å². The van der Waals surface area contributed by atoms with E-state index in [4.69, 9.17) is 0 Å². The van der Waals surface area contributed by atoms with Crippen LogP contribution < -0.4 is 5.32 Å². The van der Waals surface area contributed by atoms with Crippen LogP contribution in [0.3, 0.4) is 0 Å². The van der Waals surface area contributed by atoms with Crippen LogP contribution in [0.25, 0.3) is 10.8 Å². The molecule has 3 aromatic rings. The Morgan fingerprint density at radius 1 is 0.818 bits per heavy atom. The summed E-state index contributed by atoms with van der Waals surface area (Å²) in [5.74, 6) is 0. The Morgan fingerprint density at radius 2 is 1.41 bits per heavy atom. The summed E-state index contributed by atoms with van der Waals surface area (Å²) in [7, 11) is -4.42. The second-order valence-corrected chi connectivity index (χ2v) is 6.55. The van der Waals surface area contributed by atoms with Gasteiger partial charge in [-0.3, -0.25) is 0 Å². The number of rotatable bonds is 3. The highest BCUT2D eigenvalue weighted by Crippen LogP contribution is 2.24. The van der Waals surface area contributed by atoms with Crippen LogP contribution >= 0.6 is 0 Å². The Morgan fingerprint density at radius 3 is 2.09 bits per heavy atom. The quantitative estimate of drug-likeness (QED) is 0.747. The van der Waals surface area contributed by atoms with Crippen molar-refractivity contribution in [1.29, 1.82) is 0 Å². The van der Waals surface area contributed by atoms with E-state index in [0.717, 1.165) is 16.8 Å². The van der Waals surface area contributed by atoms with Gasteiger partial charge in [-0.25, -0.2) is 8.42 Å². The minimum atomic E-state index is -4.42. The first kappa shape index (κ1) is 14.6. The van der Waals surface area contributed by atoms with E-state index in [1.165, 1.54) is 17.7 Å². The van der Waals surface area contributed by atoms with Gasteiger partial charge in [0.1, 0.15) is 10.1 Å². The molecule has 0 unspecified atom stereocenters. The fourth-order valence-electron chi connectivity index (χ4n) is 2.26. The first-order valence-electron chi connectivity index (χ1n) is 6.75. The van der Waals surface area contributed by atoms with Crippen molar-refractivity contribution in [1.82, 2.24) is 0 Å². The fourth-order valence-corrected chi connectivity index (χ4v) is 2.77. The summed E-state index contributed by atoms with van der Waals surface area (Å²) in [5, 5.41) is 4.87. The molecule has 0 atom stereocenters. The van der Waals surface area contributed by atoms with E-state index in [9.17, 15) is 13.0 Å². The van der Waals surface area contributed by atoms with Gasteiger partial charge in [-0.05, 0) is 54.1 Å². The van der Waals surface area contributed by atoms with E-state index < -0.39 is 10.1 Å². The van der Waals surface area contributed by atoms with Gasteiger partial charge in [-0.1, -0.05) is 29.8 Å². The highest BCUT2D eigenvalue weighted by Gasteiger charge is 2.03. The lowest BCUT2D eigenvalue weighted by Crippen LogP contribution is -1.98. The van der Waals surface area contributed by atoms with Gasteiger partial charge < -0.3 is 9.87 Å². The third kappa shape index (κ3) is 3.10. The summed E-state index contributed by atoms with van der Waals surface area (Å²) in [6.45, 7) is 2.03. The fraction of sp³-hybridized carbons (Fsp3) is 0.0588. The minimum Gasteiger partial charge on any atom is -0.744 e. The number of hydrogen-bond donors (Lipinski definition) is 1. The zero-order valence-corrected chi connectivity index (χ0v) is 12.7. The lowest BCUT2D eigenvalue weighted by atomic mass is 10.1. The Labute approximate surface area is 129 Å². The lowest BCUT2D eigenvalue weighted by molar-refractivity contribution is 0.463. The SMILES string of the molecule is Cc1ccc(Nc2ccc3cc(S(=O)(=O)[O-])ccc3c2)cc1. The molecule has 3 rings (SSSR count). The summed E-state index contributed by atoms with van der Waals surface area (Å²) >= 11 is 0. The molecule has 3 aromatic carbocycles. The molecule has 0 radical (unpaired) electrons. The number of anilines is 2. The molecule has 0 aliphatic heterocycles.